The van der Waals surface area contributed by atoms with Crippen LogP contribution in [-0.4, -0.2) is 64.3 Å². The SMILES string of the molecule is Cc1cc(OC(=O)N2CCN(C(=O)CN)CC2)n(-c2ccccc2)n1. The van der Waals surface area contributed by atoms with Gasteiger partial charge in [-0.15, -0.1) is 0 Å². The van der Waals surface area contributed by atoms with Crippen LogP contribution in [-0.2, 0) is 4.79 Å². The van der Waals surface area contributed by atoms with Gasteiger partial charge >= 0.3 is 6.09 Å². The van der Waals surface area contributed by atoms with Gasteiger partial charge in [0.2, 0.25) is 11.8 Å². The van der Waals surface area contributed by atoms with Crippen molar-refractivity contribution in [1.29, 1.82) is 0 Å². The van der Waals surface area contributed by atoms with E-state index in [4.69, 9.17) is 10.5 Å². The molecule has 1 aromatic heterocycles. The lowest BCUT2D eigenvalue weighted by molar-refractivity contribution is -0.131. The number of amides is 2. The Morgan fingerprint density at radius 1 is 1.12 bits per heavy atom. The van der Waals surface area contributed by atoms with Crippen LogP contribution in [0.3, 0.4) is 0 Å². The third-order valence-corrected chi connectivity index (χ3v) is 4.06. The normalized spacial score (nSPS) is 14.5. The van der Waals surface area contributed by atoms with Crippen LogP contribution in [0.2, 0.25) is 0 Å². The van der Waals surface area contributed by atoms with Crippen molar-refractivity contribution < 1.29 is 14.3 Å². The third-order valence-electron chi connectivity index (χ3n) is 4.06. The van der Waals surface area contributed by atoms with E-state index in [1.807, 2.05) is 37.3 Å². The molecule has 1 fully saturated rings. The van der Waals surface area contributed by atoms with E-state index in [1.165, 1.54) is 0 Å². The second-order valence-corrected chi connectivity index (χ2v) is 5.81. The van der Waals surface area contributed by atoms with Gasteiger partial charge in [0.25, 0.3) is 0 Å². The first-order valence-corrected chi connectivity index (χ1v) is 8.15. The molecule has 0 radical (unpaired) electrons. The van der Waals surface area contributed by atoms with Crippen molar-refractivity contribution in [3.05, 3.63) is 42.1 Å². The number of benzene rings is 1. The first-order valence-electron chi connectivity index (χ1n) is 8.15. The minimum absolute atomic E-state index is 0.0139. The average Bonchev–Trinajstić information content (AvgIpc) is 3.02. The number of nitrogens with two attached hydrogens (primary N) is 1. The maximum atomic E-state index is 12.4. The van der Waals surface area contributed by atoms with Gasteiger partial charge in [-0.2, -0.15) is 5.10 Å². The minimum atomic E-state index is -0.447. The van der Waals surface area contributed by atoms with E-state index in [2.05, 4.69) is 5.10 Å². The number of piperazine rings is 1. The summed E-state index contributed by atoms with van der Waals surface area (Å²) >= 11 is 0. The van der Waals surface area contributed by atoms with E-state index in [0.717, 1.165) is 11.4 Å². The largest absolute Gasteiger partial charge is 0.416 e. The van der Waals surface area contributed by atoms with Crippen LogP contribution >= 0.6 is 0 Å². The second kappa shape index (κ2) is 7.35. The van der Waals surface area contributed by atoms with Crippen molar-refractivity contribution in [2.75, 3.05) is 32.7 Å². The van der Waals surface area contributed by atoms with Crippen molar-refractivity contribution in [2.24, 2.45) is 5.73 Å². The first-order chi connectivity index (χ1) is 12.1. The van der Waals surface area contributed by atoms with Crippen molar-refractivity contribution >= 4 is 12.0 Å². The number of carbonyl (C=O) groups excluding carboxylic acids is 2. The molecule has 8 nitrogen and oxygen atoms in total. The van der Waals surface area contributed by atoms with Gasteiger partial charge in [-0.05, 0) is 19.1 Å². The van der Waals surface area contributed by atoms with Gasteiger partial charge in [-0.25, -0.2) is 9.48 Å². The first kappa shape index (κ1) is 17.0. The van der Waals surface area contributed by atoms with Crippen LogP contribution in [0, 0.1) is 6.92 Å². The minimum Gasteiger partial charge on any atom is -0.391 e. The van der Waals surface area contributed by atoms with Crippen LogP contribution in [0.5, 0.6) is 5.88 Å². The molecular formula is C17H21N5O3. The summed E-state index contributed by atoms with van der Waals surface area (Å²) in [6.45, 7) is 3.59. The molecule has 0 spiro atoms. The summed E-state index contributed by atoms with van der Waals surface area (Å²) in [7, 11) is 0. The highest BCUT2D eigenvalue weighted by Crippen LogP contribution is 2.20. The molecule has 2 N–H and O–H groups in total. The lowest BCUT2D eigenvalue weighted by atomic mass is 10.3. The molecule has 1 aromatic carbocycles. The Morgan fingerprint density at radius 2 is 1.76 bits per heavy atom. The summed E-state index contributed by atoms with van der Waals surface area (Å²) in [6.07, 6.45) is -0.447. The molecule has 1 aliphatic heterocycles. The highest BCUT2D eigenvalue weighted by molar-refractivity contribution is 5.78. The number of para-hydroxylation sites is 1. The zero-order valence-electron chi connectivity index (χ0n) is 14.1. The molecule has 0 bridgehead atoms. The van der Waals surface area contributed by atoms with Crippen LogP contribution in [0.25, 0.3) is 5.69 Å². The summed E-state index contributed by atoms with van der Waals surface area (Å²) in [4.78, 5) is 27.3. The van der Waals surface area contributed by atoms with Gasteiger partial charge in [-0.1, -0.05) is 18.2 Å². The third kappa shape index (κ3) is 3.80. The molecule has 2 heterocycles. The van der Waals surface area contributed by atoms with Crippen LogP contribution in [0.4, 0.5) is 4.79 Å². The number of aryl methyl sites for hydroxylation is 1. The van der Waals surface area contributed by atoms with Gasteiger partial charge in [0.1, 0.15) is 0 Å². The van der Waals surface area contributed by atoms with Gasteiger partial charge < -0.3 is 20.3 Å². The van der Waals surface area contributed by atoms with Crippen LogP contribution in [0.1, 0.15) is 5.69 Å². The van der Waals surface area contributed by atoms with E-state index in [0.29, 0.717) is 32.1 Å². The van der Waals surface area contributed by atoms with Crippen LogP contribution < -0.4 is 10.5 Å². The maximum Gasteiger partial charge on any atom is 0.416 e. The molecule has 25 heavy (non-hydrogen) atoms. The van der Waals surface area contributed by atoms with Crippen molar-refractivity contribution in [1.82, 2.24) is 19.6 Å². The molecule has 132 valence electrons. The number of aromatic nitrogens is 2. The standard InChI is InChI=1S/C17H21N5O3/c1-13-11-16(22(19-13)14-5-3-2-4-6-14)25-17(24)21-9-7-20(8-10-21)15(23)12-18/h2-6,11H,7-10,12,18H2,1H3. The fourth-order valence-electron chi connectivity index (χ4n) is 2.72. The Balaban J connectivity index is 1.67. The molecule has 0 unspecified atom stereocenters. The number of nitrogens with zero attached hydrogens (tertiary/aromatic N) is 4. The molecule has 0 saturated carbocycles. The Bertz CT molecular complexity index is 751. The lowest BCUT2D eigenvalue weighted by Crippen LogP contribution is -2.52. The zero-order chi connectivity index (χ0) is 17.8. The maximum absolute atomic E-state index is 12.4. The van der Waals surface area contributed by atoms with Gasteiger partial charge in [0.05, 0.1) is 17.9 Å². The summed E-state index contributed by atoms with van der Waals surface area (Å²) in [5.74, 6) is 0.264. The van der Waals surface area contributed by atoms with Crippen molar-refractivity contribution in [2.45, 2.75) is 6.92 Å². The predicted molar refractivity (Wildman–Crippen MR) is 91.5 cm³/mol. The fraction of sp³-hybridized carbons (Fsp3) is 0.353. The Kier molecular flexibility index (Phi) is 4.99. The molecule has 3 rings (SSSR count). The van der Waals surface area contributed by atoms with E-state index in [9.17, 15) is 9.59 Å². The van der Waals surface area contributed by atoms with Gasteiger partial charge in [-0.3, -0.25) is 4.79 Å². The number of carbonyl (C=O) groups is 2. The highest BCUT2D eigenvalue weighted by atomic mass is 16.6. The molecule has 1 aliphatic rings. The number of hydrogen-bond donors (Lipinski definition) is 1. The molecule has 0 atom stereocenters. The highest BCUT2D eigenvalue weighted by Gasteiger charge is 2.25. The Morgan fingerprint density at radius 3 is 2.40 bits per heavy atom. The molecule has 0 aliphatic carbocycles. The molecule has 2 amide bonds. The van der Waals surface area contributed by atoms with Gasteiger partial charge in [0.15, 0.2) is 0 Å². The van der Waals surface area contributed by atoms with E-state index in [1.54, 1.807) is 20.5 Å². The smallest absolute Gasteiger partial charge is 0.391 e. The monoisotopic (exact) mass is 343 g/mol. The summed E-state index contributed by atoms with van der Waals surface area (Å²) < 4.78 is 7.14. The van der Waals surface area contributed by atoms with Crippen LogP contribution in [0.15, 0.2) is 36.4 Å². The zero-order valence-corrected chi connectivity index (χ0v) is 14.1. The number of ether oxygens (including phenoxy) is 1. The van der Waals surface area contributed by atoms with E-state index in [-0.39, 0.29) is 12.5 Å². The Labute approximate surface area is 145 Å². The molecule has 8 heteroatoms. The fourth-order valence-corrected chi connectivity index (χ4v) is 2.72. The number of hydrogen-bond acceptors (Lipinski definition) is 5. The van der Waals surface area contributed by atoms with E-state index >= 15 is 0 Å². The summed E-state index contributed by atoms with van der Waals surface area (Å²) in [5, 5.41) is 4.38. The second-order valence-electron chi connectivity index (χ2n) is 5.81. The molecule has 1 saturated heterocycles. The quantitative estimate of drug-likeness (QED) is 0.889. The average molecular weight is 343 g/mol. The number of rotatable bonds is 3. The molecule has 2 aromatic rings. The van der Waals surface area contributed by atoms with Gasteiger partial charge in [0, 0.05) is 32.2 Å². The van der Waals surface area contributed by atoms with Crippen molar-refractivity contribution in [3.8, 4) is 11.6 Å². The van der Waals surface area contributed by atoms with E-state index < -0.39 is 6.09 Å². The Hall–Kier alpha value is -2.87. The van der Waals surface area contributed by atoms with Crippen molar-refractivity contribution in [3.63, 3.8) is 0 Å². The summed E-state index contributed by atoms with van der Waals surface area (Å²) in [6, 6.07) is 11.2. The topological polar surface area (TPSA) is 93.7 Å². The molecular weight excluding hydrogens is 322 g/mol. The lowest BCUT2D eigenvalue weighted by Gasteiger charge is -2.33. The predicted octanol–water partition coefficient (Wildman–Crippen LogP) is 0.782. The summed E-state index contributed by atoms with van der Waals surface area (Å²) in [5.41, 5.74) is 6.94.